The van der Waals surface area contributed by atoms with Gasteiger partial charge in [0.05, 0.1) is 27.0 Å². The van der Waals surface area contributed by atoms with Crippen LogP contribution >= 0.6 is 11.8 Å². The average molecular weight is 420 g/mol. The first-order valence-electron chi connectivity index (χ1n) is 8.82. The van der Waals surface area contributed by atoms with Crippen LogP contribution in [0.25, 0.3) is 0 Å². The minimum absolute atomic E-state index is 0.263. The first kappa shape index (κ1) is 22.2. The summed E-state index contributed by atoms with van der Waals surface area (Å²) in [7, 11) is 4.60. The lowest BCUT2D eigenvalue weighted by Gasteiger charge is -2.15. The Morgan fingerprint density at radius 3 is 2.28 bits per heavy atom. The minimum atomic E-state index is -0.360. The van der Waals surface area contributed by atoms with Crippen molar-refractivity contribution in [3.05, 3.63) is 42.0 Å². The summed E-state index contributed by atoms with van der Waals surface area (Å²) < 4.78 is 15.9. The van der Waals surface area contributed by atoms with Gasteiger partial charge in [-0.2, -0.15) is 0 Å². The molecule has 0 aliphatic carbocycles. The van der Waals surface area contributed by atoms with E-state index in [1.807, 2.05) is 18.2 Å². The fourth-order valence-electron chi connectivity index (χ4n) is 2.54. The summed E-state index contributed by atoms with van der Waals surface area (Å²) in [4.78, 5) is 24.1. The van der Waals surface area contributed by atoms with Gasteiger partial charge in [0.1, 0.15) is 0 Å². The Morgan fingerprint density at radius 2 is 1.69 bits per heavy atom. The number of urea groups is 1. The molecule has 2 aromatic rings. The molecule has 0 fully saturated rings. The van der Waals surface area contributed by atoms with Gasteiger partial charge in [0, 0.05) is 23.6 Å². The van der Waals surface area contributed by atoms with Gasteiger partial charge in [0.15, 0.2) is 11.5 Å². The smallest absolute Gasteiger partial charge is 0.319 e. The second kappa shape index (κ2) is 11.1. The highest BCUT2D eigenvalue weighted by Gasteiger charge is 2.14. The maximum Gasteiger partial charge on any atom is 0.319 e. The third-order valence-electron chi connectivity index (χ3n) is 3.92. The molecule has 0 saturated heterocycles. The zero-order chi connectivity index (χ0) is 21.2. The lowest BCUT2D eigenvalue weighted by molar-refractivity contribution is -0.117. The number of anilines is 1. The van der Waals surface area contributed by atoms with Gasteiger partial charge in [-0.05, 0) is 29.8 Å². The number of nitrogens with one attached hydrogen (secondary N) is 2. The standard InChI is InChI=1S/C20H25N3O5S/c1-26-15-10-13(11-16(27-2)19(15)28-3)12-22-20(25)23-14-6-4-5-7-17(14)29-9-8-18(21)24/h4-7,10-11H,8-9,12H2,1-3H3,(H2,21,24)(H2,22,23,25). The van der Waals surface area contributed by atoms with Crippen molar-refractivity contribution in [2.75, 3.05) is 32.4 Å². The van der Waals surface area contributed by atoms with Crippen LogP contribution in [-0.2, 0) is 11.3 Å². The molecule has 0 unspecified atom stereocenters. The van der Waals surface area contributed by atoms with Crippen LogP contribution in [0.15, 0.2) is 41.3 Å². The van der Waals surface area contributed by atoms with Gasteiger partial charge in [-0.1, -0.05) is 12.1 Å². The van der Waals surface area contributed by atoms with Crippen molar-refractivity contribution >= 4 is 29.4 Å². The van der Waals surface area contributed by atoms with Crippen LogP contribution in [0.4, 0.5) is 10.5 Å². The van der Waals surface area contributed by atoms with Crippen molar-refractivity contribution < 1.29 is 23.8 Å². The highest BCUT2D eigenvalue weighted by atomic mass is 32.2. The van der Waals surface area contributed by atoms with Gasteiger partial charge in [-0.15, -0.1) is 11.8 Å². The molecule has 0 aromatic heterocycles. The maximum absolute atomic E-state index is 12.4. The van der Waals surface area contributed by atoms with Crippen LogP contribution in [0.2, 0.25) is 0 Å². The number of benzene rings is 2. The quantitative estimate of drug-likeness (QED) is 0.511. The molecule has 0 heterocycles. The number of carbonyl (C=O) groups excluding carboxylic acids is 2. The summed E-state index contributed by atoms with van der Waals surface area (Å²) in [6, 6.07) is 10.6. The van der Waals surface area contributed by atoms with Crippen molar-refractivity contribution in [2.24, 2.45) is 5.73 Å². The van der Waals surface area contributed by atoms with Crippen LogP contribution < -0.4 is 30.6 Å². The average Bonchev–Trinajstić information content (AvgIpc) is 2.72. The van der Waals surface area contributed by atoms with Crippen molar-refractivity contribution in [1.82, 2.24) is 5.32 Å². The summed E-state index contributed by atoms with van der Waals surface area (Å²) in [5, 5.41) is 5.63. The zero-order valence-corrected chi connectivity index (χ0v) is 17.4. The van der Waals surface area contributed by atoms with Gasteiger partial charge in [-0.25, -0.2) is 4.79 Å². The molecule has 0 atom stereocenters. The molecular formula is C20H25N3O5S. The van der Waals surface area contributed by atoms with Crippen LogP contribution in [0.1, 0.15) is 12.0 Å². The van der Waals surface area contributed by atoms with Gasteiger partial charge < -0.3 is 30.6 Å². The second-order valence-corrected chi connectivity index (χ2v) is 7.04. The number of rotatable bonds is 10. The molecule has 4 N–H and O–H groups in total. The number of hydrogen-bond donors (Lipinski definition) is 3. The molecule has 0 aliphatic heterocycles. The Hall–Kier alpha value is -3.07. The second-order valence-electron chi connectivity index (χ2n) is 5.90. The highest BCUT2D eigenvalue weighted by molar-refractivity contribution is 7.99. The van der Waals surface area contributed by atoms with Crippen molar-refractivity contribution in [2.45, 2.75) is 17.9 Å². The largest absolute Gasteiger partial charge is 0.493 e. The zero-order valence-electron chi connectivity index (χ0n) is 16.6. The molecule has 29 heavy (non-hydrogen) atoms. The summed E-state index contributed by atoms with van der Waals surface area (Å²) in [6.07, 6.45) is 0.270. The van der Waals surface area contributed by atoms with E-state index >= 15 is 0 Å². The lowest BCUT2D eigenvalue weighted by atomic mass is 10.2. The Morgan fingerprint density at radius 1 is 1.03 bits per heavy atom. The number of methoxy groups -OCH3 is 3. The van der Waals surface area contributed by atoms with E-state index in [0.717, 1.165) is 10.5 Å². The third-order valence-corrected chi connectivity index (χ3v) is 4.99. The van der Waals surface area contributed by atoms with E-state index in [4.69, 9.17) is 19.9 Å². The summed E-state index contributed by atoms with van der Waals surface area (Å²) in [6.45, 7) is 0.263. The number of para-hydroxylation sites is 1. The predicted octanol–water partition coefficient (Wildman–Crippen LogP) is 3.00. The molecule has 0 saturated carbocycles. The van der Waals surface area contributed by atoms with Gasteiger partial charge in [-0.3, -0.25) is 4.79 Å². The van der Waals surface area contributed by atoms with E-state index < -0.39 is 0 Å². The number of ether oxygens (including phenoxy) is 3. The molecule has 0 spiro atoms. The molecule has 0 aliphatic rings. The number of carbonyl (C=O) groups is 2. The molecule has 0 radical (unpaired) electrons. The first-order valence-corrected chi connectivity index (χ1v) is 9.81. The van der Waals surface area contributed by atoms with Crippen molar-refractivity contribution in [1.29, 1.82) is 0 Å². The Balaban J connectivity index is 2.01. The number of amides is 3. The maximum atomic E-state index is 12.4. The number of primary amides is 1. The SMILES string of the molecule is COc1cc(CNC(=O)Nc2ccccc2SCCC(N)=O)cc(OC)c1OC. The molecular weight excluding hydrogens is 394 g/mol. The van der Waals surface area contributed by atoms with Crippen LogP contribution in [0.5, 0.6) is 17.2 Å². The predicted molar refractivity (Wildman–Crippen MR) is 113 cm³/mol. The fraction of sp³-hybridized carbons (Fsp3) is 0.300. The monoisotopic (exact) mass is 419 g/mol. The van der Waals surface area contributed by atoms with E-state index in [2.05, 4.69) is 10.6 Å². The van der Waals surface area contributed by atoms with Crippen LogP contribution in [0, 0.1) is 0 Å². The fourth-order valence-corrected chi connectivity index (χ4v) is 3.52. The number of thioether (sulfide) groups is 1. The van der Waals surface area contributed by atoms with E-state index in [9.17, 15) is 9.59 Å². The molecule has 156 valence electrons. The summed E-state index contributed by atoms with van der Waals surface area (Å²) >= 11 is 1.46. The topological polar surface area (TPSA) is 112 Å². The Labute approximate surface area is 174 Å². The van der Waals surface area contributed by atoms with Gasteiger partial charge in [0.2, 0.25) is 11.7 Å². The van der Waals surface area contributed by atoms with Crippen LogP contribution in [-0.4, -0.2) is 39.0 Å². The molecule has 9 heteroatoms. The van der Waals surface area contributed by atoms with Gasteiger partial charge >= 0.3 is 6.03 Å². The Bertz CT molecular complexity index is 835. The van der Waals surface area contributed by atoms with Crippen molar-refractivity contribution in [3.8, 4) is 17.2 Å². The molecule has 2 aromatic carbocycles. The molecule has 2 rings (SSSR count). The van der Waals surface area contributed by atoms with Crippen molar-refractivity contribution in [3.63, 3.8) is 0 Å². The molecule has 3 amide bonds. The van der Waals surface area contributed by atoms with E-state index in [0.29, 0.717) is 28.7 Å². The molecule has 0 bridgehead atoms. The Kier molecular flexibility index (Phi) is 8.47. The number of nitrogens with two attached hydrogens (primary N) is 1. The minimum Gasteiger partial charge on any atom is -0.493 e. The van der Waals surface area contributed by atoms with E-state index in [1.165, 1.54) is 33.1 Å². The molecule has 8 nitrogen and oxygen atoms in total. The van der Waals surface area contributed by atoms with Crippen LogP contribution in [0.3, 0.4) is 0 Å². The number of hydrogen-bond acceptors (Lipinski definition) is 6. The normalized spacial score (nSPS) is 10.2. The summed E-state index contributed by atoms with van der Waals surface area (Å²) in [5.74, 6) is 1.71. The summed E-state index contributed by atoms with van der Waals surface area (Å²) in [5.41, 5.74) is 6.62. The highest BCUT2D eigenvalue weighted by Crippen LogP contribution is 2.38. The first-order chi connectivity index (χ1) is 14.0. The van der Waals surface area contributed by atoms with Gasteiger partial charge in [0.25, 0.3) is 0 Å². The van der Waals surface area contributed by atoms with E-state index in [-0.39, 0.29) is 24.9 Å². The third kappa shape index (κ3) is 6.49. The van der Waals surface area contributed by atoms with E-state index in [1.54, 1.807) is 18.2 Å². The lowest BCUT2D eigenvalue weighted by Crippen LogP contribution is -2.28.